The number of aromatic nitrogens is 1. The predicted molar refractivity (Wildman–Crippen MR) is 107 cm³/mol. The van der Waals surface area contributed by atoms with Crippen LogP contribution in [0.25, 0.3) is 0 Å². The number of nitrogens with one attached hydrogen (secondary N) is 1. The van der Waals surface area contributed by atoms with Crippen molar-refractivity contribution < 1.29 is 17.9 Å². The van der Waals surface area contributed by atoms with Crippen LogP contribution in [0.4, 0.5) is 0 Å². The maximum atomic E-state index is 13.1. The molecule has 1 saturated heterocycles. The molecule has 3 rings (SSSR count). The van der Waals surface area contributed by atoms with Crippen LogP contribution in [-0.4, -0.2) is 50.1 Å². The Hall–Kier alpha value is -2.16. The lowest BCUT2D eigenvalue weighted by Crippen LogP contribution is -2.41. The van der Waals surface area contributed by atoms with E-state index in [4.69, 9.17) is 4.74 Å². The van der Waals surface area contributed by atoms with E-state index in [1.165, 1.54) is 0 Å². The maximum Gasteiger partial charge on any atom is 0.257 e. The molecule has 1 fully saturated rings. The third-order valence-electron chi connectivity index (χ3n) is 5.29. The zero-order valence-corrected chi connectivity index (χ0v) is 17.6. The molecule has 152 valence electrons. The number of hydrogen-bond donors (Lipinski definition) is 1. The molecule has 0 spiro atoms. The number of amides is 1. The van der Waals surface area contributed by atoms with Crippen LogP contribution in [0.5, 0.6) is 0 Å². The number of ether oxygens (including phenoxy) is 1. The van der Waals surface area contributed by atoms with E-state index in [9.17, 15) is 13.2 Å². The number of morpholine rings is 1. The fourth-order valence-corrected chi connectivity index (χ4v) is 4.91. The molecule has 0 saturated carbocycles. The van der Waals surface area contributed by atoms with Crippen LogP contribution >= 0.6 is 0 Å². The van der Waals surface area contributed by atoms with Crippen molar-refractivity contribution in [3.63, 3.8) is 0 Å². The van der Waals surface area contributed by atoms with Crippen molar-refractivity contribution in [3.8, 4) is 0 Å². The number of hydrogen-bond acceptors (Lipinski definition) is 4. The number of carbonyl (C=O) groups is 1. The fraction of sp³-hybridized carbons (Fsp3) is 0.450. The summed E-state index contributed by atoms with van der Waals surface area (Å²) in [4.78, 5) is 14.9. The van der Waals surface area contributed by atoms with Gasteiger partial charge in [0.25, 0.3) is 5.91 Å². The summed E-state index contributed by atoms with van der Waals surface area (Å²) < 4.78 is 36.0. The zero-order valence-electron chi connectivity index (χ0n) is 16.8. The van der Waals surface area contributed by atoms with Gasteiger partial charge in [-0.3, -0.25) is 4.79 Å². The van der Waals surface area contributed by atoms with E-state index in [1.54, 1.807) is 30.4 Å². The molecule has 1 amide bonds. The van der Waals surface area contributed by atoms with Crippen LogP contribution in [0.2, 0.25) is 0 Å². The largest absolute Gasteiger partial charge is 0.378 e. The normalized spacial score (nSPS) is 15.1. The monoisotopic (exact) mass is 405 g/mol. The summed E-state index contributed by atoms with van der Waals surface area (Å²) >= 11 is 0. The minimum Gasteiger partial charge on any atom is -0.378 e. The Bertz CT molecular complexity index is 972. The Kier molecular flexibility index (Phi) is 5.92. The Labute approximate surface area is 166 Å². The maximum absolute atomic E-state index is 13.1. The summed E-state index contributed by atoms with van der Waals surface area (Å²) in [7, 11) is -2.09. The second-order valence-corrected chi connectivity index (χ2v) is 8.85. The van der Waals surface area contributed by atoms with Gasteiger partial charge in [0.15, 0.2) is 0 Å². The molecule has 7 nitrogen and oxygen atoms in total. The molecule has 1 aromatic carbocycles. The minimum atomic E-state index is -3.86. The SMILES string of the molecule is Cc1ccc(CNS(=O)(=O)c2c(C(=O)N3CCOCC3)c(C)n(C)c2C)cc1. The summed E-state index contributed by atoms with van der Waals surface area (Å²) in [5.41, 5.74) is 3.41. The van der Waals surface area contributed by atoms with E-state index in [2.05, 4.69) is 4.72 Å². The second kappa shape index (κ2) is 8.06. The molecule has 2 heterocycles. The van der Waals surface area contributed by atoms with Gasteiger partial charge < -0.3 is 14.2 Å². The molecule has 0 aliphatic carbocycles. The Morgan fingerprint density at radius 2 is 1.68 bits per heavy atom. The molecule has 1 aliphatic rings. The van der Waals surface area contributed by atoms with Crippen molar-refractivity contribution >= 4 is 15.9 Å². The molecule has 0 bridgehead atoms. The molecular formula is C20H27N3O4S. The Morgan fingerprint density at radius 3 is 2.29 bits per heavy atom. The first-order valence-corrected chi connectivity index (χ1v) is 10.8. The van der Waals surface area contributed by atoms with Crippen LogP contribution in [0, 0.1) is 20.8 Å². The van der Waals surface area contributed by atoms with Crippen LogP contribution in [-0.2, 0) is 28.4 Å². The van der Waals surface area contributed by atoms with Gasteiger partial charge in [-0.2, -0.15) is 0 Å². The van der Waals surface area contributed by atoms with Crippen LogP contribution in [0.15, 0.2) is 29.2 Å². The molecule has 1 aliphatic heterocycles. The molecule has 8 heteroatoms. The number of sulfonamides is 1. The van der Waals surface area contributed by atoms with E-state index < -0.39 is 10.0 Å². The van der Waals surface area contributed by atoms with E-state index >= 15 is 0 Å². The van der Waals surface area contributed by atoms with Gasteiger partial charge in [-0.25, -0.2) is 13.1 Å². The highest BCUT2D eigenvalue weighted by Crippen LogP contribution is 2.28. The molecule has 1 N–H and O–H groups in total. The fourth-order valence-electron chi connectivity index (χ4n) is 3.38. The van der Waals surface area contributed by atoms with Crippen molar-refractivity contribution in [3.05, 3.63) is 52.3 Å². The highest BCUT2D eigenvalue weighted by molar-refractivity contribution is 7.89. The summed E-state index contributed by atoms with van der Waals surface area (Å²) in [5.74, 6) is -0.264. The van der Waals surface area contributed by atoms with E-state index in [-0.39, 0.29) is 22.9 Å². The predicted octanol–water partition coefficient (Wildman–Crippen LogP) is 1.90. The van der Waals surface area contributed by atoms with Gasteiger partial charge in [-0.15, -0.1) is 0 Å². The van der Waals surface area contributed by atoms with Crippen molar-refractivity contribution in [1.82, 2.24) is 14.2 Å². The van der Waals surface area contributed by atoms with Gasteiger partial charge in [0.1, 0.15) is 4.90 Å². The molecular weight excluding hydrogens is 378 g/mol. The quantitative estimate of drug-likeness (QED) is 0.824. The molecule has 28 heavy (non-hydrogen) atoms. The topological polar surface area (TPSA) is 80.6 Å². The second-order valence-electron chi connectivity index (χ2n) is 7.15. The van der Waals surface area contributed by atoms with Crippen LogP contribution in [0.1, 0.15) is 32.9 Å². The van der Waals surface area contributed by atoms with Crippen molar-refractivity contribution in [2.45, 2.75) is 32.2 Å². The third kappa shape index (κ3) is 3.99. The van der Waals surface area contributed by atoms with Gasteiger partial charge in [-0.05, 0) is 26.3 Å². The third-order valence-corrected chi connectivity index (χ3v) is 6.85. The highest BCUT2D eigenvalue weighted by atomic mass is 32.2. The smallest absolute Gasteiger partial charge is 0.257 e. The first kappa shape index (κ1) is 20.6. The van der Waals surface area contributed by atoms with Gasteiger partial charge >= 0.3 is 0 Å². The van der Waals surface area contributed by atoms with Crippen LogP contribution in [0.3, 0.4) is 0 Å². The van der Waals surface area contributed by atoms with Gasteiger partial charge in [0.2, 0.25) is 10.0 Å². The number of benzene rings is 1. The van der Waals surface area contributed by atoms with E-state index in [1.807, 2.05) is 31.2 Å². The van der Waals surface area contributed by atoms with Gasteiger partial charge in [0.05, 0.1) is 18.8 Å². The molecule has 0 atom stereocenters. The summed E-state index contributed by atoms with van der Waals surface area (Å²) in [6.45, 7) is 7.50. The lowest BCUT2D eigenvalue weighted by molar-refractivity contribution is 0.0300. The van der Waals surface area contributed by atoms with Crippen molar-refractivity contribution in [2.24, 2.45) is 7.05 Å². The molecule has 2 aromatic rings. The number of carbonyl (C=O) groups excluding carboxylic acids is 1. The van der Waals surface area contributed by atoms with Gasteiger partial charge in [0, 0.05) is 38.1 Å². The lowest BCUT2D eigenvalue weighted by Gasteiger charge is -2.27. The highest BCUT2D eigenvalue weighted by Gasteiger charge is 2.33. The van der Waals surface area contributed by atoms with Crippen molar-refractivity contribution in [2.75, 3.05) is 26.3 Å². The van der Waals surface area contributed by atoms with Crippen molar-refractivity contribution in [1.29, 1.82) is 0 Å². The summed E-state index contributed by atoms with van der Waals surface area (Å²) in [6, 6.07) is 7.66. The number of aryl methyl sites for hydroxylation is 1. The summed E-state index contributed by atoms with van der Waals surface area (Å²) in [5, 5.41) is 0. The van der Waals surface area contributed by atoms with E-state index in [0.29, 0.717) is 37.7 Å². The standard InChI is InChI=1S/C20H27N3O4S/c1-14-5-7-17(8-6-14)13-21-28(25,26)19-16(3)22(4)15(2)18(19)20(24)23-9-11-27-12-10-23/h5-8,21H,9-13H2,1-4H3. The molecule has 0 unspecified atom stereocenters. The van der Waals surface area contributed by atoms with E-state index in [0.717, 1.165) is 11.1 Å². The average Bonchev–Trinajstić information content (AvgIpc) is 2.92. The molecule has 0 radical (unpaired) electrons. The lowest BCUT2D eigenvalue weighted by atomic mass is 10.2. The first-order valence-electron chi connectivity index (χ1n) is 9.30. The summed E-state index contributed by atoms with van der Waals surface area (Å²) in [6.07, 6.45) is 0. The zero-order chi connectivity index (χ0) is 20.5. The number of nitrogens with zero attached hydrogens (tertiary/aromatic N) is 2. The van der Waals surface area contributed by atoms with Gasteiger partial charge in [-0.1, -0.05) is 29.8 Å². The minimum absolute atomic E-state index is 0.0658. The average molecular weight is 406 g/mol. The Balaban J connectivity index is 1.94. The van der Waals surface area contributed by atoms with Crippen LogP contribution < -0.4 is 4.72 Å². The Morgan fingerprint density at radius 1 is 1.07 bits per heavy atom. The molecule has 1 aromatic heterocycles. The first-order chi connectivity index (χ1) is 13.2. The number of rotatable bonds is 5.